The highest BCUT2D eigenvalue weighted by Gasteiger charge is 2.18. The van der Waals surface area contributed by atoms with Crippen molar-refractivity contribution in [3.05, 3.63) is 47.0 Å². The first-order valence-corrected chi connectivity index (χ1v) is 8.49. The summed E-state index contributed by atoms with van der Waals surface area (Å²) in [6.45, 7) is 1.98. The maximum absolute atomic E-state index is 12.4. The van der Waals surface area contributed by atoms with E-state index < -0.39 is 0 Å². The smallest absolute Gasteiger partial charge is 0.269 e. The van der Waals surface area contributed by atoms with Crippen molar-refractivity contribution >= 4 is 24.0 Å². The number of rotatable bonds is 5. The maximum Gasteiger partial charge on any atom is 0.269 e. The number of carbonyl (C=O) groups is 2. The Morgan fingerprint density at radius 2 is 1.88 bits per heavy atom. The Morgan fingerprint density at radius 3 is 2.58 bits per heavy atom. The molecule has 0 spiro atoms. The van der Waals surface area contributed by atoms with Gasteiger partial charge in [0.1, 0.15) is 5.69 Å². The van der Waals surface area contributed by atoms with Crippen LogP contribution in [0.15, 0.2) is 36.5 Å². The van der Waals surface area contributed by atoms with Crippen molar-refractivity contribution in [2.45, 2.75) is 19.3 Å². The molecule has 2 heterocycles. The van der Waals surface area contributed by atoms with Gasteiger partial charge in [-0.1, -0.05) is 18.2 Å². The molecule has 1 aromatic heterocycles. The topological polar surface area (TPSA) is 70.1 Å². The van der Waals surface area contributed by atoms with E-state index in [9.17, 15) is 9.59 Å². The largest absolute Gasteiger partial charge is 0.350 e. The number of nitrogens with one attached hydrogen (secondary N) is 2. The van der Waals surface area contributed by atoms with Crippen LogP contribution in [0.3, 0.4) is 0 Å². The van der Waals surface area contributed by atoms with Crippen molar-refractivity contribution in [1.82, 2.24) is 19.8 Å². The van der Waals surface area contributed by atoms with Crippen LogP contribution < -0.4 is 5.32 Å². The molecule has 24 heavy (non-hydrogen) atoms. The summed E-state index contributed by atoms with van der Waals surface area (Å²) in [5.41, 5.74) is 1.25. The summed E-state index contributed by atoms with van der Waals surface area (Å²) in [7, 11) is 0. The first kappa shape index (κ1) is 16.4. The average molecular weight is 344 g/mol. The van der Waals surface area contributed by atoms with Crippen molar-refractivity contribution in [3.8, 4) is 5.69 Å². The van der Waals surface area contributed by atoms with E-state index in [-0.39, 0.29) is 11.8 Å². The lowest BCUT2D eigenvalue weighted by atomic mass is 10.3. The highest BCUT2D eigenvalue weighted by atomic mass is 32.1. The van der Waals surface area contributed by atoms with Gasteiger partial charge < -0.3 is 15.2 Å². The van der Waals surface area contributed by atoms with Crippen molar-refractivity contribution in [1.29, 1.82) is 0 Å². The molecule has 0 atom stereocenters. The monoisotopic (exact) mass is 344 g/mol. The van der Waals surface area contributed by atoms with E-state index in [0.29, 0.717) is 23.4 Å². The number of H-pyrrole nitrogens is 1. The number of carbonyl (C=O) groups excluding carboxylic acids is 2. The zero-order valence-electron chi connectivity index (χ0n) is 13.3. The van der Waals surface area contributed by atoms with Gasteiger partial charge in [-0.05, 0) is 37.2 Å². The lowest BCUT2D eigenvalue weighted by molar-refractivity contribution is -0.129. The number of likely N-dealkylation sites (tertiary alicyclic amines) is 1. The minimum absolute atomic E-state index is 0.0989. The van der Waals surface area contributed by atoms with E-state index in [0.717, 1.165) is 31.6 Å². The SMILES string of the molecule is O=C(NCCC(=O)N1CCCC1)c1c[nH]c(=S)n1-c1ccccc1. The molecule has 0 radical (unpaired) electrons. The molecule has 126 valence electrons. The molecular formula is C17H20N4O2S. The minimum atomic E-state index is -0.250. The number of amides is 2. The number of aromatic nitrogens is 2. The van der Waals surface area contributed by atoms with Gasteiger partial charge in [-0.25, -0.2) is 0 Å². The third kappa shape index (κ3) is 3.56. The maximum atomic E-state index is 12.4. The number of hydrogen-bond donors (Lipinski definition) is 2. The van der Waals surface area contributed by atoms with Crippen LogP contribution in [0.5, 0.6) is 0 Å². The molecule has 1 aromatic carbocycles. The van der Waals surface area contributed by atoms with Crippen molar-refractivity contribution < 1.29 is 9.59 Å². The fourth-order valence-electron chi connectivity index (χ4n) is 2.87. The number of imidazole rings is 1. The number of nitrogens with zero attached hydrogens (tertiary/aromatic N) is 2. The Labute approximate surface area is 145 Å². The molecule has 3 rings (SSSR count). The normalized spacial score (nSPS) is 13.9. The molecular weight excluding hydrogens is 324 g/mol. The molecule has 1 aliphatic heterocycles. The Kier molecular flexibility index (Phi) is 5.10. The number of aromatic amines is 1. The second-order valence-electron chi connectivity index (χ2n) is 5.74. The quantitative estimate of drug-likeness (QED) is 0.818. The summed E-state index contributed by atoms with van der Waals surface area (Å²) in [4.78, 5) is 29.2. The molecule has 2 aromatic rings. The summed E-state index contributed by atoms with van der Waals surface area (Å²) in [5.74, 6) is -0.151. The van der Waals surface area contributed by atoms with Crippen molar-refractivity contribution in [2.75, 3.05) is 19.6 Å². The van der Waals surface area contributed by atoms with E-state index in [1.807, 2.05) is 35.2 Å². The number of benzene rings is 1. The van der Waals surface area contributed by atoms with Gasteiger partial charge >= 0.3 is 0 Å². The average Bonchev–Trinajstić information content (AvgIpc) is 3.25. The van der Waals surface area contributed by atoms with Crippen LogP contribution in [0, 0.1) is 4.77 Å². The van der Waals surface area contributed by atoms with Crippen LogP contribution in [0.2, 0.25) is 0 Å². The van der Waals surface area contributed by atoms with Crippen LogP contribution in [0.4, 0.5) is 0 Å². The third-order valence-electron chi connectivity index (χ3n) is 4.11. The standard InChI is InChI=1S/C17H20N4O2S/c22-15(20-10-4-5-11-20)8-9-18-16(23)14-12-19-17(24)21(14)13-6-2-1-3-7-13/h1-3,6-7,12H,4-5,8-11H2,(H,18,23)(H,19,24). The molecule has 0 unspecified atom stereocenters. The molecule has 0 bridgehead atoms. The zero-order valence-corrected chi connectivity index (χ0v) is 14.1. The van der Waals surface area contributed by atoms with Crippen LogP contribution in [-0.4, -0.2) is 45.9 Å². The van der Waals surface area contributed by atoms with E-state index in [1.165, 1.54) is 0 Å². The van der Waals surface area contributed by atoms with Crippen molar-refractivity contribution in [3.63, 3.8) is 0 Å². The van der Waals surface area contributed by atoms with Crippen LogP contribution in [-0.2, 0) is 4.79 Å². The first-order chi connectivity index (χ1) is 11.7. The second kappa shape index (κ2) is 7.44. The van der Waals surface area contributed by atoms with E-state index in [2.05, 4.69) is 10.3 Å². The van der Waals surface area contributed by atoms with Gasteiger partial charge in [0.2, 0.25) is 5.91 Å². The minimum Gasteiger partial charge on any atom is -0.350 e. The molecule has 1 aliphatic rings. The van der Waals surface area contributed by atoms with E-state index in [1.54, 1.807) is 10.8 Å². The van der Waals surface area contributed by atoms with Gasteiger partial charge in [0, 0.05) is 37.9 Å². The molecule has 0 saturated carbocycles. The lowest BCUT2D eigenvalue weighted by Gasteiger charge is -2.15. The highest BCUT2D eigenvalue weighted by molar-refractivity contribution is 7.71. The van der Waals surface area contributed by atoms with Gasteiger partial charge in [0.25, 0.3) is 5.91 Å². The van der Waals surface area contributed by atoms with Crippen LogP contribution in [0.25, 0.3) is 5.69 Å². The van der Waals surface area contributed by atoms with Gasteiger partial charge in [-0.15, -0.1) is 0 Å². The zero-order chi connectivity index (χ0) is 16.9. The molecule has 6 nitrogen and oxygen atoms in total. The van der Waals surface area contributed by atoms with Gasteiger partial charge in [-0.3, -0.25) is 14.2 Å². The Bertz CT molecular complexity index is 775. The summed E-state index contributed by atoms with van der Waals surface area (Å²) in [6.07, 6.45) is 4.05. The Balaban J connectivity index is 1.64. The third-order valence-corrected chi connectivity index (χ3v) is 4.41. The van der Waals surface area contributed by atoms with Gasteiger partial charge in [0.05, 0.1) is 0 Å². The predicted molar refractivity (Wildman–Crippen MR) is 93.7 cm³/mol. The molecule has 2 N–H and O–H groups in total. The molecule has 7 heteroatoms. The second-order valence-corrected chi connectivity index (χ2v) is 6.13. The fraction of sp³-hybridized carbons (Fsp3) is 0.353. The lowest BCUT2D eigenvalue weighted by Crippen LogP contribution is -2.33. The van der Waals surface area contributed by atoms with Crippen LogP contribution in [0.1, 0.15) is 29.8 Å². The first-order valence-electron chi connectivity index (χ1n) is 8.08. The van der Waals surface area contributed by atoms with Gasteiger partial charge in [-0.2, -0.15) is 0 Å². The number of hydrogen-bond acceptors (Lipinski definition) is 3. The molecule has 1 fully saturated rings. The molecule has 1 saturated heterocycles. The molecule has 0 aliphatic carbocycles. The summed E-state index contributed by atoms with van der Waals surface area (Å²) >= 11 is 5.27. The van der Waals surface area contributed by atoms with E-state index >= 15 is 0 Å². The summed E-state index contributed by atoms with van der Waals surface area (Å²) in [5, 5.41) is 2.80. The highest BCUT2D eigenvalue weighted by Crippen LogP contribution is 2.12. The van der Waals surface area contributed by atoms with Crippen molar-refractivity contribution in [2.24, 2.45) is 0 Å². The Morgan fingerprint density at radius 1 is 1.17 bits per heavy atom. The van der Waals surface area contributed by atoms with Gasteiger partial charge in [0.15, 0.2) is 4.77 Å². The Hall–Kier alpha value is -2.41. The fourth-order valence-corrected chi connectivity index (χ4v) is 3.13. The summed E-state index contributed by atoms with van der Waals surface area (Å²) in [6, 6.07) is 9.46. The number of para-hydroxylation sites is 1. The van der Waals surface area contributed by atoms with E-state index in [4.69, 9.17) is 12.2 Å². The van der Waals surface area contributed by atoms with Crippen LogP contribution >= 0.6 is 12.2 Å². The predicted octanol–water partition coefficient (Wildman–Crippen LogP) is 2.28. The molecule has 2 amide bonds. The summed E-state index contributed by atoms with van der Waals surface area (Å²) < 4.78 is 2.15.